The van der Waals surface area contributed by atoms with Crippen molar-refractivity contribution in [1.29, 1.82) is 0 Å². The van der Waals surface area contributed by atoms with Crippen molar-refractivity contribution in [2.45, 2.75) is 4.33 Å². The lowest BCUT2D eigenvalue weighted by Gasteiger charge is -2.01. The molecule has 0 aliphatic rings. The largest absolute Gasteiger partial charge is 0.331 e. The summed E-state index contributed by atoms with van der Waals surface area (Å²) in [6.07, 6.45) is 0. The molecule has 0 aliphatic heterocycles. The monoisotopic (exact) mass is 290 g/mol. The third-order valence-electron chi connectivity index (χ3n) is 1.10. The van der Waals surface area contributed by atoms with E-state index in [1.165, 1.54) is 23.1 Å². The molecule has 0 unspecified atom stereocenters. The average Bonchev–Trinajstić information content (AvgIpc) is 2.78. The summed E-state index contributed by atoms with van der Waals surface area (Å²) in [6.45, 7) is 0. The van der Waals surface area contributed by atoms with Crippen LogP contribution in [0.3, 0.4) is 0 Å². The van der Waals surface area contributed by atoms with Crippen LogP contribution in [0.25, 0.3) is 0 Å². The Labute approximate surface area is 99.8 Å². The fourth-order valence-electron chi connectivity index (χ4n) is 0.566. The van der Waals surface area contributed by atoms with Crippen LogP contribution in [0.2, 0.25) is 0 Å². The van der Waals surface area contributed by atoms with Crippen LogP contribution in [0.1, 0.15) is 10.0 Å². The summed E-state index contributed by atoms with van der Waals surface area (Å²) < 4.78 is 14.5. The maximum atomic E-state index is 6.06. The summed E-state index contributed by atoms with van der Waals surface area (Å²) in [5, 5.41) is 1.06. The highest BCUT2D eigenvalue weighted by Crippen LogP contribution is 2.42. The SMILES string of the molecule is ClC(Cl)(c1nsn[s+]1)c1nsn[s+]1. The number of aromatic nitrogens is 4. The summed E-state index contributed by atoms with van der Waals surface area (Å²) in [5.74, 6) is 0. The van der Waals surface area contributed by atoms with Crippen molar-refractivity contribution in [2.75, 3.05) is 0 Å². The van der Waals surface area contributed by atoms with Gasteiger partial charge in [0.15, 0.2) is 0 Å². The Morgan fingerprint density at radius 1 is 1.00 bits per heavy atom. The van der Waals surface area contributed by atoms with E-state index in [0.29, 0.717) is 10.0 Å². The summed E-state index contributed by atoms with van der Waals surface area (Å²) in [4.78, 5) is 0. The zero-order valence-electron chi connectivity index (χ0n) is 5.68. The Morgan fingerprint density at radius 2 is 1.46 bits per heavy atom. The normalized spacial score (nSPS) is 11.8. The number of rotatable bonds is 2. The topological polar surface area (TPSA) is 51.6 Å². The number of alkyl halides is 2. The van der Waals surface area contributed by atoms with Gasteiger partial charge in [-0.1, -0.05) is 23.2 Å². The molecule has 0 spiro atoms. The van der Waals surface area contributed by atoms with Crippen LogP contribution in [-0.4, -0.2) is 16.3 Å². The molecule has 2 rings (SSSR count). The van der Waals surface area contributed by atoms with Gasteiger partial charge in [0.1, 0.15) is 7.53 Å². The van der Waals surface area contributed by atoms with Crippen LogP contribution in [0.4, 0.5) is 0 Å². The molecule has 0 saturated heterocycles. The van der Waals surface area contributed by atoms with E-state index >= 15 is 0 Å². The maximum Gasteiger partial charge on any atom is 0.331 e. The van der Waals surface area contributed by atoms with Crippen LogP contribution in [0, 0.1) is 0 Å². The van der Waals surface area contributed by atoms with E-state index in [9.17, 15) is 0 Å². The molecular weight excluding hydrogens is 291 g/mol. The van der Waals surface area contributed by atoms with Crippen LogP contribution in [0.15, 0.2) is 0 Å². The van der Waals surface area contributed by atoms with Crippen LogP contribution in [-0.2, 0) is 4.33 Å². The van der Waals surface area contributed by atoms with Crippen molar-refractivity contribution in [1.82, 2.24) is 16.3 Å². The molecule has 0 aliphatic carbocycles. The summed E-state index contributed by atoms with van der Waals surface area (Å²) in [5.41, 5.74) is 0. The zero-order chi connectivity index (χ0) is 9.31. The Hall–Kier alpha value is 0.400. The first-order valence-electron chi connectivity index (χ1n) is 2.83. The third kappa shape index (κ3) is 1.92. The Bertz CT molecular complexity index is 336. The van der Waals surface area contributed by atoms with Crippen molar-refractivity contribution in [3.63, 3.8) is 0 Å². The molecule has 0 aromatic carbocycles. The highest BCUT2D eigenvalue weighted by Gasteiger charge is 2.46. The summed E-state index contributed by atoms with van der Waals surface area (Å²) >= 11 is 16.6. The van der Waals surface area contributed by atoms with Gasteiger partial charge in [0, 0.05) is 0 Å². The van der Waals surface area contributed by atoms with Gasteiger partial charge >= 0.3 is 33.5 Å². The van der Waals surface area contributed by atoms with Gasteiger partial charge < -0.3 is 0 Å². The van der Waals surface area contributed by atoms with Crippen LogP contribution < -0.4 is 0 Å². The van der Waals surface area contributed by atoms with Crippen LogP contribution >= 0.6 is 69.7 Å². The quantitative estimate of drug-likeness (QED) is 0.630. The molecule has 2 aromatic rings. The molecule has 2 heterocycles. The summed E-state index contributed by atoms with van der Waals surface area (Å²) in [7, 11) is 0. The standard InChI is InChI=1S/C3Cl2N4S4/c4-3(5,1-6-12-8-10-1)2-7-13-9-11-2/q+2. The maximum absolute atomic E-state index is 6.06. The highest BCUT2D eigenvalue weighted by atomic mass is 35.5. The molecule has 10 heteroatoms. The van der Waals surface area contributed by atoms with E-state index in [4.69, 9.17) is 23.2 Å². The Balaban J connectivity index is 2.42. The number of hydrogen-bond acceptors (Lipinski definition) is 6. The average molecular weight is 291 g/mol. The molecule has 4 nitrogen and oxygen atoms in total. The van der Waals surface area contributed by atoms with E-state index in [-0.39, 0.29) is 0 Å². The lowest BCUT2D eigenvalue weighted by molar-refractivity contribution is 1.02. The molecule has 0 fully saturated rings. The van der Waals surface area contributed by atoms with Crippen molar-refractivity contribution in [3.05, 3.63) is 10.0 Å². The number of halogens is 2. The molecule has 13 heavy (non-hydrogen) atoms. The van der Waals surface area contributed by atoms with Gasteiger partial charge in [-0.15, -0.1) is 0 Å². The molecule has 0 N–H and O–H groups in total. The first-order valence-corrected chi connectivity index (χ1v) is 6.59. The zero-order valence-corrected chi connectivity index (χ0v) is 10.5. The van der Waals surface area contributed by atoms with Crippen LogP contribution in [0.5, 0.6) is 0 Å². The number of hydrogen-bond donors (Lipinski definition) is 0. The first kappa shape index (κ1) is 9.94. The van der Waals surface area contributed by atoms with Gasteiger partial charge in [-0.25, -0.2) is 0 Å². The summed E-state index contributed by atoms with van der Waals surface area (Å²) in [6, 6.07) is 0. The smallest absolute Gasteiger partial charge is 0.0808 e. The Morgan fingerprint density at radius 3 is 1.77 bits per heavy atom. The van der Waals surface area contributed by atoms with E-state index in [2.05, 4.69) is 16.3 Å². The third-order valence-corrected chi connectivity index (χ3v) is 5.29. The minimum absolute atomic E-state index is 0.532. The lowest BCUT2D eigenvalue weighted by Crippen LogP contribution is -2.10. The van der Waals surface area contributed by atoms with Gasteiger partial charge in [-0.2, -0.15) is 0 Å². The predicted octanol–water partition coefficient (Wildman–Crippen LogP) is 2.75. The fourth-order valence-corrected chi connectivity index (χ4v) is 3.82. The Kier molecular flexibility index (Phi) is 2.96. The van der Waals surface area contributed by atoms with E-state index < -0.39 is 4.33 Å². The van der Waals surface area contributed by atoms with E-state index in [0.717, 1.165) is 23.5 Å². The second kappa shape index (κ2) is 3.87. The van der Waals surface area contributed by atoms with Crippen molar-refractivity contribution < 1.29 is 0 Å². The lowest BCUT2D eigenvalue weighted by atomic mass is 10.4. The molecule has 68 valence electrons. The van der Waals surface area contributed by atoms with Gasteiger partial charge in [-0.3, -0.25) is 0 Å². The second-order valence-corrected chi connectivity index (χ2v) is 6.21. The fraction of sp³-hybridized carbons (Fsp3) is 0.333. The van der Waals surface area contributed by atoms with Gasteiger partial charge in [0.2, 0.25) is 23.1 Å². The van der Waals surface area contributed by atoms with Gasteiger partial charge in [0.25, 0.3) is 4.33 Å². The first-order chi connectivity index (χ1) is 6.21. The van der Waals surface area contributed by atoms with Gasteiger partial charge in [0.05, 0.1) is 0 Å². The van der Waals surface area contributed by atoms with Crippen molar-refractivity contribution in [2.24, 2.45) is 0 Å². The minimum Gasteiger partial charge on any atom is -0.0808 e. The second-order valence-electron chi connectivity index (χ2n) is 1.86. The van der Waals surface area contributed by atoms with Crippen molar-refractivity contribution >= 4 is 69.7 Å². The number of nitrogens with zero attached hydrogens (tertiary/aromatic N) is 4. The molecule has 0 atom stereocenters. The van der Waals surface area contributed by atoms with Crippen molar-refractivity contribution in [3.8, 4) is 0 Å². The molecule has 0 bridgehead atoms. The predicted molar refractivity (Wildman–Crippen MR) is 56.9 cm³/mol. The molecule has 0 saturated carbocycles. The molecular formula is C3Cl2N4S4+2. The minimum atomic E-state index is -1.20. The van der Waals surface area contributed by atoms with Gasteiger partial charge in [-0.05, 0) is 8.75 Å². The molecule has 2 aromatic heterocycles. The molecule has 0 radical (unpaired) electrons. The molecule has 0 amide bonds. The van der Waals surface area contributed by atoms with E-state index in [1.54, 1.807) is 0 Å². The van der Waals surface area contributed by atoms with E-state index in [1.807, 2.05) is 0 Å². The highest BCUT2D eigenvalue weighted by molar-refractivity contribution is 7.19.